The molecular formula is C11H21N3O2S. The van der Waals surface area contributed by atoms with Gasteiger partial charge in [0.1, 0.15) is 15.4 Å². The van der Waals surface area contributed by atoms with E-state index in [4.69, 9.17) is 5.26 Å². The molecule has 5 nitrogen and oxygen atoms in total. The quantitative estimate of drug-likeness (QED) is 0.708. The lowest BCUT2D eigenvalue weighted by Gasteiger charge is -2.40. The van der Waals surface area contributed by atoms with Crippen molar-refractivity contribution in [1.82, 2.24) is 9.80 Å². The van der Waals surface area contributed by atoms with Crippen molar-refractivity contribution in [3.63, 3.8) is 0 Å². The average molecular weight is 259 g/mol. The topological polar surface area (TPSA) is 64.4 Å². The maximum Gasteiger partial charge on any atom is 0.148 e. The van der Waals surface area contributed by atoms with Gasteiger partial charge in [0, 0.05) is 39.0 Å². The molecule has 17 heavy (non-hydrogen) atoms. The van der Waals surface area contributed by atoms with E-state index in [0.717, 1.165) is 26.2 Å². The van der Waals surface area contributed by atoms with Crippen LogP contribution in [0.4, 0.5) is 0 Å². The van der Waals surface area contributed by atoms with Gasteiger partial charge in [0.15, 0.2) is 0 Å². The van der Waals surface area contributed by atoms with Gasteiger partial charge in [-0.15, -0.1) is 0 Å². The molecule has 0 spiro atoms. The Hall–Kier alpha value is -0.640. The van der Waals surface area contributed by atoms with Crippen LogP contribution in [0.2, 0.25) is 0 Å². The van der Waals surface area contributed by atoms with E-state index in [2.05, 4.69) is 15.9 Å². The van der Waals surface area contributed by atoms with Gasteiger partial charge in [-0.3, -0.25) is 9.80 Å². The molecule has 0 N–H and O–H groups in total. The monoisotopic (exact) mass is 259 g/mol. The highest BCUT2D eigenvalue weighted by Crippen LogP contribution is 2.15. The summed E-state index contributed by atoms with van der Waals surface area (Å²) in [4.78, 5) is 4.29. The third-order valence-electron chi connectivity index (χ3n) is 3.21. The van der Waals surface area contributed by atoms with E-state index >= 15 is 0 Å². The zero-order chi connectivity index (χ0) is 13.1. The van der Waals surface area contributed by atoms with Crippen LogP contribution in [0.3, 0.4) is 0 Å². The maximum atomic E-state index is 11.1. The normalized spacial score (nSPS) is 20.1. The summed E-state index contributed by atoms with van der Waals surface area (Å²) < 4.78 is 22.1. The van der Waals surface area contributed by atoms with Crippen LogP contribution in [0.25, 0.3) is 0 Å². The van der Waals surface area contributed by atoms with Crippen LogP contribution in [0.15, 0.2) is 0 Å². The zero-order valence-corrected chi connectivity index (χ0v) is 11.6. The maximum absolute atomic E-state index is 11.1. The molecule has 1 rings (SSSR count). The van der Waals surface area contributed by atoms with Gasteiger partial charge in [-0.2, -0.15) is 5.26 Å². The molecule has 1 saturated heterocycles. The number of nitriles is 1. The molecule has 0 atom stereocenters. The predicted molar refractivity (Wildman–Crippen MR) is 67.4 cm³/mol. The Morgan fingerprint density at radius 2 is 1.76 bits per heavy atom. The molecule has 0 unspecified atom stereocenters. The van der Waals surface area contributed by atoms with Gasteiger partial charge < -0.3 is 0 Å². The van der Waals surface area contributed by atoms with E-state index in [1.54, 1.807) is 0 Å². The Morgan fingerprint density at radius 3 is 2.18 bits per heavy atom. The molecule has 0 amide bonds. The Bertz CT molecular complexity index is 389. The lowest BCUT2D eigenvalue weighted by molar-refractivity contribution is 0.0834. The van der Waals surface area contributed by atoms with Gasteiger partial charge in [-0.1, -0.05) is 0 Å². The van der Waals surface area contributed by atoms with Gasteiger partial charge in [-0.25, -0.2) is 8.42 Å². The van der Waals surface area contributed by atoms with Gasteiger partial charge >= 0.3 is 0 Å². The Kier molecular flexibility index (Phi) is 4.53. The second-order valence-corrected chi connectivity index (χ2v) is 7.39. The first-order valence-electron chi connectivity index (χ1n) is 5.81. The van der Waals surface area contributed by atoms with Gasteiger partial charge in [0.2, 0.25) is 0 Å². The molecule has 0 aromatic heterocycles. The lowest BCUT2D eigenvalue weighted by Crippen LogP contribution is -2.54. The van der Waals surface area contributed by atoms with Crippen LogP contribution in [0.1, 0.15) is 13.8 Å². The summed E-state index contributed by atoms with van der Waals surface area (Å²) in [6.07, 6.45) is 1.27. The van der Waals surface area contributed by atoms with Crippen LogP contribution in [-0.2, 0) is 9.84 Å². The van der Waals surface area contributed by atoms with Crippen molar-refractivity contribution in [2.45, 2.75) is 19.4 Å². The van der Waals surface area contributed by atoms with Crippen LogP contribution >= 0.6 is 0 Å². The first kappa shape index (κ1) is 14.4. The largest absolute Gasteiger partial charge is 0.300 e. The fourth-order valence-corrected chi connectivity index (χ4v) is 2.49. The highest BCUT2D eigenvalue weighted by atomic mass is 32.2. The summed E-state index contributed by atoms with van der Waals surface area (Å²) in [7, 11) is -2.88. The molecule has 1 fully saturated rings. The van der Waals surface area contributed by atoms with Crippen LogP contribution in [0.5, 0.6) is 0 Å². The Balaban J connectivity index is 2.39. The molecule has 0 radical (unpaired) electrons. The summed E-state index contributed by atoms with van der Waals surface area (Å²) in [5, 5.41) is 9.04. The summed E-state index contributed by atoms with van der Waals surface area (Å²) in [5.41, 5.74) is -0.428. The minimum Gasteiger partial charge on any atom is -0.300 e. The molecule has 0 aromatic rings. The summed E-state index contributed by atoms with van der Waals surface area (Å²) in [6.45, 7) is 7.74. The van der Waals surface area contributed by atoms with Crippen molar-refractivity contribution < 1.29 is 8.42 Å². The van der Waals surface area contributed by atoms with Crippen LogP contribution < -0.4 is 0 Å². The van der Waals surface area contributed by atoms with Crippen molar-refractivity contribution in [2.24, 2.45) is 0 Å². The summed E-state index contributed by atoms with van der Waals surface area (Å²) >= 11 is 0. The predicted octanol–water partition coefficient (Wildman–Crippen LogP) is -0.0492. The summed E-state index contributed by atoms with van der Waals surface area (Å²) in [5.74, 6) is 0.217. The molecule has 6 heteroatoms. The molecule has 98 valence electrons. The average Bonchev–Trinajstić information content (AvgIpc) is 2.26. The third kappa shape index (κ3) is 4.62. The van der Waals surface area contributed by atoms with Crippen LogP contribution in [-0.4, -0.2) is 68.5 Å². The van der Waals surface area contributed by atoms with E-state index in [0.29, 0.717) is 6.54 Å². The van der Waals surface area contributed by atoms with Crippen LogP contribution in [0, 0.1) is 11.3 Å². The molecule has 0 saturated carbocycles. The number of piperazine rings is 1. The van der Waals surface area contributed by atoms with E-state index in [-0.39, 0.29) is 5.75 Å². The fraction of sp³-hybridized carbons (Fsp3) is 0.909. The van der Waals surface area contributed by atoms with Crippen molar-refractivity contribution >= 4 is 9.84 Å². The highest BCUT2D eigenvalue weighted by Gasteiger charge is 2.29. The highest BCUT2D eigenvalue weighted by molar-refractivity contribution is 7.90. The van der Waals surface area contributed by atoms with E-state index < -0.39 is 15.4 Å². The number of hydrogen-bond donors (Lipinski definition) is 0. The number of rotatable bonds is 4. The third-order valence-corrected chi connectivity index (χ3v) is 4.14. The first-order valence-corrected chi connectivity index (χ1v) is 7.87. The number of sulfone groups is 1. The van der Waals surface area contributed by atoms with Crippen molar-refractivity contribution in [3.05, 3.63) is 0 Å². The molecule has 0 aliphatic carbocycles. The van der Waals surface area contributed by atoms with Crippen molar-refractivity contribution in [1.29, 1.82) is 5.26 Å². The van der Waals surface area contributed by atoms with Crippen molar-refractivity contribution in [3.8, 4) is 6.07 Å². The fourth-order valence-electron chi connectivity index (χ4n) is 1.90. The Morgan fingerprint density at radius 1 is 1.24 bits per heavy atom. The molecule has 1 aliphatic heterocycles. The molecule has 0 bridgehead atoms. The Labute approximate surface area is 104 Å². The minimum absolute atomic E-state index is 0.217. The number of nitrogens with zero attached hydrogens (tertiary/aromatic N) is 3. The molecule has 0 aromatic carbocycles. The van der Waals surface area contributed by atoms with Gasteiger partial charge in [-0.05, 0) is 13.8 Å². The van der Waals surface area contributed by atoms with E-state index in [9.17, 15) is 8.42 Å². The van der Waals surface area contributed by atoms with Gasteiger partial charge in [0.05, 0.1) is 11.8 Å². The lowest BCUT2D eigenvalue weighted by atomic mass is 10.0. The standard InChI is InChI=1S/C11H21N3O2S/c1-11(2,10-12)14-6-4-13(5-7-14)8-9-17(3,15)16/h4-9H2,1-3H3. The number of hydrogen-bond acceptors (Lipinski definition) is 5. The van der Waals surface area contributed by atoms with Gasteiger partial charge in [0.25, 0.3) is 0 Å². The molecule has 1 heterocycles. The second kappa shape index (κ2) is 5.34. The first-order chi connectivity index (χ1) is 7.74. The molecule has 1 aliphatic rings. The smallest absolute Gasteiger partial charge is 0.148 e. The molecular weight excluding hydrogens is 238 g/mol. The minimum atomic E-state index is -2.88. The van der Waals surface area contributed by atoms with E-state index in [1.807, 2.05) is 13.8 Å². The second-order valence-electron chi connectivity index (χ2n) is 5.13. The van der Waals surface area contributed by atoms with Crippen molar-refractivity contribution in [2.75, 3.05) is 44.7 Å². The summed E-state index contributed by atoms with van der Waals surface area (Å²) in [6, 6.07) is 2.29. The SMILES string of the molecule is CC(C)(C#N)N1CCN(CCS(C)(=O)=O)CC1. The zero-order valence-electron chi connectivity index (χ0n) is 10.8. The van der Waals surface area contributed by atoms with E-state index in [1.165, 1.54) is 6.26 Å².